The molecule has 5 heteroatoms. The Morgan fingerprint density at radius 2 is 1.89 bits per heavy atom. The van der Waals surface area contributed by atoms with E-state index in [-0.39, 0.29) is 5.82 Å². The average Bonchev–Trinajstić information content (AvgIpc) is 2.42. The summed E-state index contributed by atoms with van der Waals surface area (Å²) in [5.41, 5.74) is 0.620. The molecule has 1 aliphatic heterocycles. The van der Waals surface area contributed by atoms with E-state index < -0.39 is 0 Å². The standard InChI is InChI=1S/C14H19BrFNO2/c1-18-13-10(7-9-3-5-17-6-4-9)12(16)8-11(15)14(13)19-2/h8-9,17H,3-7H2,1-2H3. The minimum absolute atomic E-state index is 0.233. The molecule has 2 rings (SSSR count). The summed E-state index contributed by atoms with van der Waals surface area (Å²) in [5.74, 6) is 1.33. The molecule has 1 heterocycles. The predicted molar refractivity (Wildman–Crippen MR) is 76.5 cm³/mol. The topological polar surface area (TPSA) is 30.5 Å². The van der Waals surface area contributed by atoms with Gasteiger partial charge in [0, 0.05) is 5.56 Å². The Labute approximate surface area is 121 Å². The highest BCUT2D eigenvalue weighted by atomic mass is 79.9. The van der Waals surface area contributed by atoms with E-state index in [1.54, 1.807) is 14.2 Å². The molecule has 0 radical (unpaired) electrons. The minimum Gasteiger partial charge on any atom is -0.492 e. The number of methoxy groups -OCH3 is 2. The zero-order valence-corrected chi connectivity index (χ0v) is 12.8. The van der Waals surface area contributed by atoms with Gasteiger partial charge in [-0.2, -0.15) is 0 Å². The Kier molecular flexibility index (Phi) is 5.05. The zero-order valence-electron chi connectivity index (χ0n) is 11.3. The van der Waals surface area contributed by atoms with Crippen molar-refractivity contribution in [2.45, 2.75) is 19.3 Å². The number of halogens is 2. The van der Waals surface area contributed by atoms with Crippen LogP contribution in [0.3, 0.4) is 0 Å². The molecule has 1 aliphatic rings. The number of nitrogens with one attached hydrogen (secondary N) is 1. The second-order valence-corrected chi connectivity index (χ2v) is 5.64. The number of benzene rings is 1. The van der Waals surface area contributed by atoms with Gasteiger partial charge in [-0.3, -0.25) is 0 Å². The summed E-state index contributed by atoms with van der Waals surface area (Å²) >= 11 is 3.30. The zero-order chi connectivity index (χ0) is 13.8. The molecule has 0 unspecified atom stereocenters. The van der Waals surface area contributed by atoms with E-state index in [9.17, 15) is 4.39 Å². The first-order valence-electron chi connectivity index (χ1n) is 6.47. The third-order valence-corrected chi connectivity index (χ3v) is 4.19. The van der Waals surface area contributed by atoms with Crippen LogP contribution in [0, 0.1) is 11.7 Å². The monoisotopic (exact) mass is 331 g/mol. The molecule has 1 saturated heterocycles. The van der Waals surface area contributed by atoms with Crippen LogP contribution < -0.4 is 14.8 Å². The van der Waals surface area contributed by atoms with Crippen LogP contribution in [0.1, 0.15) is 18.4 Å². The maximum atomic E-state index is 14.2. The molecule has 0 aromatic heterocycles. The molecule has 1 N–H and O–H groups in total. The van der Waals surface area contributed by atoms with Gasteiger partial charge in [0.1, 0.15) is 5.82 Å². The highest BCUT2D eigenvalue weighted by Gasteiger charge is 2.23. The average molecular weight is 332 g/mol. The Hall–Kier alpha value is -0.810. The number of ether oxygens (including phenoxy) is 2. The van der Waals surface area contributed by atoms with Gasteiger partial charge in [-0.25, -0.2) is 4.39 Å². The van der Waals surface area contributed by atoms with Crippen LogP contribution in [0.5, 0.6) is 11.5 Å². The fourth-order valence-electron chi connectivity index (χ4n) is 2.59. The van der Waals surface area contributed by atoms with Crippen molar-refractivity contribution in [3.8, 4) is 11.5 Å². The van der Waals surface area contributed by atoms with Gasteiger partial charge in [-0.15, -0.1) is 0 Å². The molecule has 3 nitrogen and oxygen atoms in total. The molecule has 0 bridgehead atoms. The summed E-state index contributed by atoms with van der Waals surface area (Å²) < 4.78 is 25.4. The van der Waals surface area contributed by atoms with Crippen molar-refractivity contribution in [1.29, 1.82) is 0 Å². The lowest BCUT2D eigenvalue weighted by atomic mass is 9.90. The van der Waals surface area contributed by atoms with Crippen molar-refractivity contribution in [1.82, 2.24) is 5.32 Å². The van der Waals surface area contributed by atoms with Crippen LogP contribution in [0.2, 0.25) is 0 Å². The van der Waals surface area contributed by atoms with Crippen molar-refractivity contribution in [2.24, 2.45) is 5.92 Å². The first-order valence-corrected chi connectivity index (χ1v) is 7.26. The molecule has 0 spiro atoms. The van der Waals surface area contributed by atoms with Crippen LogP contribution in [0.25, 0.3) is 0 Å². The molecule has 0 atom stereocenters. The van der Waals surface area contributed by atoms with Crippen molar-refractivity contribution >= 4 is 15.9 Å². The minimum atomic E-state index is -0.233. The van der Waals surface area contributed by atoms with E-state index in [0.717, 1.165) is 25.9 Å². The Morgan fingerprint density at radius 1 is 1.26 bits per heavy atom. The van der Waals surface area contributed by atoms with Crippen LogP contribution in [0.4, 0.5) is 4.39 Å². The molecular formula is C14H19BrFNO2. The van der Waals surface area contributed by atoms with E-state index in [1.165, 1.54) is 6.07 Å². The summed E-state index contributed by atoms with van der Waals surface area (Å²) in [5, 5.41) is 3.32. The number of rotatable bonds is 4. The second kappa shape index (κ2) is 6.57. The van der Waals surface area contributed by atoms with E-state index in [1.807, 2.05) is 0 Å². The van der Waals surface area contributed by atoms with Gasteiger partial charge in [0.25, 0.3) is 0 Å². The highest BCUT2D eigenvalue weighted by molar-refractivity contribution is 9.10. The van der Waals surface area contributed by atoms with Gasteiger partial charge in [-0.05, 0) is 60.3 Å². The fraction of sp³-hybridized carbons (Fsp3) is 0.571. The van der Waals surface area contributed by atoms with Crippen molar-refractivity contribution in [3.63, 3.8) is 0 Å². The molecule has 0 amide bonds. The first-order chi connectivity index (χ1) is 9.17. The van der Waals surface area contributed by atoms with Crippen molar-refractivity contribution in [2.75, 3.05) is 27.3 Å². The molecule has 0 aliphatic carbocycles. The van der Waals surface area contributed by atoms with Gasteiger partial charge in [0.2, 0.25) is 0 Å². The Balaban J connectivity index is 2.32. The van der Waals surface area contributed by atoms with Crippen LogP contribution in [-0.4, -0.2) is 27.3 Å². The smallest absolute Gasteiger partial charge is 0.175 e. The van der Waals surface area contributed by atoms with Gasteiger partial charge in [0.05, 0.1) is 18.7 Å². The summed E-state index contributed by atoms with van der Waals surface area (Å²) in [6.07, 6.45) is 2.84. The van der Waals surface area contributed by atoms with Crippen molar-refractivity contribution in [3.05, 3.63) is 21.9 Å². The molecule has 1 fully saturated rings. The summed E-state index contributed by atoms with van der Waals surface area (Å²) in [4.78, 5) is 0. The molecule has 1 aromatic carbocycles. The quantitative estimate of drug-likeness (QED) is 0.919. The van der Waals surface area contributed by atoms with E-state index in [4.69, 9.17) is 9.47 Å². The van der Waals surface area contributed by atoms with Gasteiger partial charge >= 0.3 is 0 Å². The summed E-state index contributed by atoms with van der Waals surface area (Å²) in [6, 6.07) is 1.46. The third kappa shape index (κ3) is 3.20. The maximum Gasteiger partial charge on any atom is 0.175 e. The fourth-order valence-corrected chi connectivity index (χ4v) is 3.13. The Bertz CT molecular complexity index is 448. The largest absolute Gasteiger partial charge is 0.492 e. The lowest BCUT2D eigenvalue weighted by molar-refractivity contribution is 0.332. The second-order valence-electron chi connectivity index (χ2n) is 4.78. The number of hydrogen-bond donors (Lipinski definition) is 1. The number of piperidine rings is 1. The predicted octanol–water partition coefficient (Wildman–Crippen LogP) is 3.15. The van der Waals surface area contributed by atoms with E-state index >= 15 is 0 Å². The van der Waals surface area contributed by atoms with Crippen LogP contribution in [-0.2, 0) is 6.42 Å². The van der Waals surface area contributed by atoms with Gasteiger partial charge < -0.3 is 14.8 Å². The molecular weight excluding hydrogens is 313 g/mol. The van der Waals surface area contributed by atoms with E-state index in [2.05, 4.69) is 21.2 Å². The molecule has 1 aromatic rings. The SMILES string of the molecule is COc1c(Br)cc(F)c(CC2CCNCC2)c1OC. The third-order valence-electron chi connectivity index (χ3n) is 3.60. The summed E-state index contributed by atoms with van der Waals surface area (Å²) in [7, 11) is 3.12. The first kappa shape index (κ1) is 14.6. The maximum absolute atomic E-state index is 14.2. The molecule has 0 saturated carbocycles. The molecule has 106 valence electrons. The highest BCUT2D eigenvalue weighted by Crippen LogP contribution is 2.41. The lowest BCUT2D eigenvalue weighted by Gasteiger charge is -2.24. The Morgan fingerprint density at radius 3 is 2.47 bits per heavy atom. The van der Waals surface area contributed by atoms with Gasteiger partial charge in [0.15, 0.2) is 11.5 Å². The van der Waals surface area contributed by atoms with Crippen LogP contribution >= 0.6 is 15.9 Å². The van der Waals surface area contributed by atoms with Crippen molar-refractivity contribution < 1.29 is 13.9 Å². The van der Waals surface area contributed by atoms with Gasteiger partial charge in [-0.1, -0.05) is 0 Å². The molecule has 19 heavy (non-hydrogen) atoms. The summed E-state index contributed by atoms with van der Waals surface area (Å²) in [6.45, 7) is 2.00. The normalized spacial score (nSPS) is 16.4. The van der Waals surface area contributed by atoms with Crippen LogP contribution in [0.15, 0.2) is 10.5 Å². The van der Waals surface area contributed by atoms with E-state index in [0.29, 0.717) is 33.9 Å². The lowest BCUT2D eigenvalue weighted by Crippen LogP contribution is -2.29. The number of hydrogen-bond acceptors (Lipinski definition) is 3.